The number of nitrogens with zero attached hydrogens (tertiary/aromatic N) is 1. The molecule has 2 rings (SSSR count). The van der Waals surface area contributed by atoms with Crippen molar-refractivity contribution >= 4 is 23.4 Å². The van der Waals surface area contributed by atoms with Crippen molar-refractivity contribution in [2.45, 2.75) is 13.0 Å². The molecule has 5 nitrogen and oxygen atoms in total. The van der Waals surface area contributed by atoms with E-state index in [9.17, 15) is 9.59 Å². The molecule has 0 aliphatic carbocycles. The zero-order chi connectivity index (χ0) is 14.5. The predicted octanol–water partition coefficient (Wildman–Crippen LogP) is 0.890. The summed E-state index contributed by atoms with van der Waals surface area (Å²) >= 11 is 6.06. The number of carbonyl (C=O) groups excluding carboxylic acids is 2. The van der Waals surface area contributed by atoms with Gasteiger partial charge in [0.25, 0.3) is 5.91 Å². The Balaban J connectivity index is 2.22. The van der Waals surface area contributed by atoms with Crippen LogP contribution in [0, 0.1) is 0 Å². The summed E-state index contributed by atoms with van der Waals surface area (Å²) in [5, 5.41) is 6.31. The van der Waals surface area contributed by atoms with E-state index in [1.807, 2.05) is 6.92 Å². The molecule has 0 radical (unpaired) electrons. The fraction of sp³-hybridized carbons (Fsp3) is 0.429. The second kappa shape index (κ2) is 6.72. The number of piperazine rings is 1. The van der Waals surface area contributed by atoms with Crippen LogP contribution in [-0.4, -0.2) is 48.9 Å². The molecule has 0 saturated carbocycles. The zero-order valence-electron chi connectivity index (χ0n) is 11.4. The lowest BCUT2D eigenvalue weighted by Crippen LogP contribution is -2.59. The van der Waals surface area contributed by atoms with E-state index in [4.69, 9.17) is 11.6 Å². The highest BCUT2D eigenvalue weighted by Crippen LogP contribution is 2.19. The first-order chi connectivity index (χ1) is 9.65. The summed E-state index contributed by atoms with van der Waals surface area (Å²) in [6.07, 6.45) is 0. The molecule has 1 aliphatic rings. The summed E-state index contributed by atoms with van der Waals surface area (Å²) in [5.74, 6) is -0.339. The average molecular weight is 296 g/mol. The minimum atomic E-state index is -0.493. The SMILES string of the molecule is CCNC(=O)C1CNCCN1C(=O)c1ccccc1Cl. The van der Waals surface area contributed by atoms with Crippen molar-refractivity contribution in [3.05, 3.63) is 34.9 Å². The van der Waals surface area contributed by atoms with Gasteiger partial charge in [-0.3, -0.25) is 9.59 Å². The van der Waals surface area contributed by atoms with Gasteiger partial charge in [-0.1, -0.05) is 23.7 Å². The van der Waals surface area contributed by atoms with Crippen molar-refractivity contribution in [1.29, 1.82) is 0 Å². The van der Waals surface area contributed by atoms with Gasteiger partial charge in [0.05, 0.1) is 10.6 Å². The summed E-state index contributed by atoms with van der Waals surface area (Å²) in [6.45, 7) is 4.03. The van der Waals surface area contributed by atoms with Crippen LogP contribution >= 0.6 is 11.6 Å². The Morgan fingerprint density at radius 2 is 2.20 bits per heavy atom. The lowest BCUT2D eigenvalue weighted by molar-refractivity contribution is -0.126. The van der Waals surface area contributed by atoms with E-state index in [2.05, 4.69) is 10.6 Å². The molecule has 1 fully saturated rings. The van der Waals surface area contributed by atoms with Crippen LogP contribution in [0.4, 0.5) is 0 Å². The molecule has 1 atom stereocenters. The van der Waals surface area contributed by atoms with Gasteiger partial charge in [-0.2, -0.15) is 0 Å². The molecule has 2 amide bonds. The topological polar surface area (TPSA) is 61.4 Å². The molecule has 108 valence electrons. The molecule has 0 spiro atoms. The van der Waals surface area contributed by atoms with Crippen molar-refractivity contribution in [1.82, 2.24) is 15.5 Å². The van der Waals surface area contributed by atoms with Crippen molar-refractivity contribution in [3.63, 3.8) is 0 Å². The number of likely N-dealkylation sites (N-methyl/N-ethyl adjacent to an activating group) is 1. The average Bonchev–Trinajstić information content (AvgIpc) is 2.47. The van der Waals surface area contributed by atoms with Crippen LogP contribution in [0.2, 0.25) is 5.02 Å². The third-order valence-corrected chi connectivity index (χ3v) is 3.59. The number of carbonyl (C=O) groups is 2. The van der Waals surface area contributed by atoms with E-state index in [1.165, 1.54) is 0 Å². The van der Waals surface area contributed by atoms with E-state index >= 15 is 0 Å². The van der Waals surface area contributed by atoms with Gasteiger partial charge in [-0.15, -0.1) is 0 Å². The minimum Gasteiger partial charge on any atom is -0.355 e. The number of halogens is 1. The molecule has 6 heteroatoms. The van der Waals surface area contributed by atoms with Crippen LogP contribution in [-0.2, 0) is 4.79 Å². The van der Waals surface area contributed by atoms with Crippen LogP contribution in [0.15, 0.2) is 24.3 Å². The molecule has 1 unspecified atom stereocenters. The Morgan fingerprint density at radius 3 is 2.90 bits per heavy atom. The second-order valence-electron chi connectivity index (χ2n) is 4.59. The Morgan fingerprint density at radius 1 is 1.45 bits per heavy atom. The normalized spacial score (nSPS) is 18.7. The van der Waals surface area contributed by atoms with Gasteiger partial charge in [0, 0.05) is 26.2 Å². The highest BCUT2D eigenvalue weighted by molar-refractivity contribution is 6.33. The lowest BCUT2D eigenvalue weighted by atomic mass is 10.1. The zero-order valence-corrected chi connectivity index (χ0v) is 12.1. The van der Waals surface area contributed by atoms with Crippen LogP contribution in [0.25, 0.3) is 0 Å². The number of nitrogens with one attached hydrogen (secondary N) is 2. The number of benzene rings is 1. The molecular formula is C14H18ClN3O2. The van der Waals surface area contributed by atoms with E-state index in [-0.39, 0.29) is 11.8 Å². The Kier molecular flexibility index (Phi) is 4.98. The first kappa shape index (κ1) is 14.8. The molecule has 1 aromatic rings. The third kappa shape index (κ3) is 3.11. The summed E-state index contributed by atoms with van der Waals surface area (Å²) in [7, 11) is 0. The van der Waals surface area contributed by atoms with Crippen LogP contribution in [0.1, 0.15) is 17.3 Å². The molecule has 1 saturated heterocycles. The van der Waals surface area contributed by atoms with Gasteiger partial charge < -0.3 is 15.5 Å². The highest BCUT2D eigenvalue weighted by atomic mass is 35.5. The van der Waals surface area contributed by atoms with Gasteiger partial charge in [0.2, 0.25) is 5.91 Å². The summed E-state index contributed by atoms with van der Waals surface area (Å²) in [4.78, 5) is 26.2. The van der Waals surface area contributed by atoms with Crippen molar-refractivity contribution < 1.29 is 9.59 Å². The maximum absolute atomic E-state index is 12.6. The van der Waals surface area contributed by atoms with E-state index in [0.717, 1.165) is 0 Å². The molecule has 0 aromatic heterocycles. The van der Waals surface area contributed by atoms with Gasteiger partial charge in [0.1, 0.15) is 6.04 Å². The predicted molar refractivity (Wildman–Crippen MR) is 77.8 cm³/mol. The van der Waals surface area contributed by atoms with Gasteiger partial charge >= 0.3 is 0 Å². The minimum absolute atomic E-state index is 0.139. The molecule has 2 N–H and O–H groups in total. The maximum atomic E-state index is 12.6. The first-order valence-corrected chi connectivity index (χ1v) is 7.07. The molecule has 1 aliphatic heterocycles. The monoisotopic (exact) mass is 295 g/mol. The van der Waals surface area contributed by atoms with E-state index in [0.29, 0.717) is 36.8 Å². The van der Waals surface area contributed by atoms with E-state index in [1.54, 1.807) is 29.2 Å². The Labute approximate surface area is 123 Å². The lowest BCUT2D eigenvalue weighted by Gasteiger charge is -2.35. The van der Waals surface area contributed by atoms with Crippen LogP contribution in [0.5, 0.6) is 0 Å². The highest BCUT2D eigenvalue weighted by Gasteiger charge is 2.32. The van der Waals surface area contributed by atoms with Crippen molar-refractivity contribution in [3.8, 4) is 0 Å². The first-order valence-electron chi connectivity index (χ1n) is 6.69. The number of hydrogen-bond acceptors (Lipinski definition) is 3. The summed E-state index contributed by atoms with van der Waals surface area (Å²) < 4.78 is 0. The number of hydrogen-bond donors (Lipinski definition) is 2. The van der Waals surface area contributed by atoms with Crippen molar-refractivity contribution in [2.75, 3.05) is 26.2 Å². The molecule has 0 bridgehead atoms. The summed E-state index contributed by atoms with van der Waals surface area (Å²) in [5.41, 5.74) is 0.436. The Hall–Kier alpha value is -1.59. The maximum Gasteiger partial charge on any atom is 0.256 e. The van der Waals surface area contributed by atoms with Gasteiger partial charge in [0.15, 0.2) is 0 Å². The fourth-order valence-corrected chi connectivity index (χ4v) is 2.48. The molecule has 1 heterocycles. The second-order valence-corrected chi connectivity index (χ2v) is 5.00. The van der Waals surface area contributed by atoms with Crippen LogP contribution in [0.3, 0.4) is 0 Å². The quantitative estimate of drug-likeness (QED) is 0.871. The van der Waals surface area contributed by atoms with Crippen LogP contribution < -0.4 is 10.6 Å². The standard InChI is InChI=1S/C14H18ClN3O2/c1-2-17-13(19)12-9-16-7-8-18(12)14(20)10-5-3-4-6-11(10)15/h3-6,12,16H,2,7-9H2,1H3,(H,17,19). The summed E-state index contributed by atoms with van der Waals surface area (Å²) in [6, 6.07) is 6.41. The largest absolute Gasteiger partial charge is 0.355 e. The third-order valence-electron chi connectivity index (χ3n) is 3.26. The fourth-order valence-electron chi connectivity index (χ4n) is 2.26. The number of amides is 2. The van der Waals surface area contributed by atoms with Gasteiger partial charge in [-0.25, -0.2) is 0 Å². The Bertz CT molecular complexity index is 507. The smallest absolute Gasteiger partial charge is 0.256 e. The number of rotatable bonds is 3. The molecular weight excluding hydrogens is 278 g/mol. The van der Waals surface area contributed by atoms with Crippen molar-refractivity contribution in [2.24, 2.45) is 0 Å². The van der Waals surface area contributed by atoms with E-state index < -0.39 is 6.04 Å². The molecule has 20 heavy (non-hydrogen) atoms. The molecule has 1 aromatic carbocycles. The van der Waals surface area contributed by atoms with Gasteiger partial charge in [-0.05, 0) is 19.1 Å².